The number of nitrogens with one attached hydrogen (secondary N) is 1. The number of carbonyl (C=O) groups is 2. The number of ether oxygens (including phenoxy) is 1. The van der Waals surface area contributed by atoms with Gasteiger partial charge in [0.1, 0.15) is 5.82 Å². The largest absolute Gasteiger partial charge is 0.469 e. The number of hydrogen-bond donors (Lipinski definition) is 1. The van der Waals surface area contributed by atoms with Crippen LogP contribution in [-0.4, -0.2) is 24.0 Å². The highest BCUT2D eigenvalue weighted by Crippen LogP contribution is 2.41. The molecule has 1 unspecified atom stereocenters. The minimum absolute atomic E-state index is 0.227. The summed E-state index contributed by atoms with van der Waals surface area (Å²) in [6.45, 7) is 1.86. The van der Waals surface area contributed by atoms with E-state index >= 15 is 0 Å². The van der Waals surface area contributed by atoms with Crippen LogP contribution in [0.4, 0.5) is 9.52 Å². The Labute approximate surface area is 159 Å². The van der Waals surface area contributed by atoms with Gasteiger partial charge >= 0.3 is 5.97 Å². The Morgan fingerprint density at radius 3 is 2.81 bits per heavy atom. The fraction of sp³-hybridized carbons (Fsp3) is 0.250. The van der Waals surface area contributed by atoms with Gasteiger partial charge in [0.2, 0.25) is 5.91 Å². The van der Waals surface area contributed by atoms with E-state index in [9.17, 15) is 14.0 Å². The van der Waals surface area contributed by atoms with Crippen molar-refractivity contribution in [2.45, 2.75) is 13.3 Å². The molecule has 1 amide bonds. The second-order valence-corrected chi connectivity index (χ2v) is 7.63. The summed E-state index contributed by atoms with van der Waals surface area (Å²) in [6.07, 6.45) is 0.500. The lowest BCUT2D eigenvalue weighted by Crippen LogP contribution is -2.17. The Kier molecular flexibility index (Phi) is 4.39. The van der Waals surface area contributed by atoms with E-state index in [-0.39, 0.29) is 29.5 Å². The lowest BCUT2D eigenvalue weighted by molar-refractivity contribution is -0.143. The minimum atomic E-state index is -0.361. The summed E-state index contributed by atoms with van der Waals surface area (Å²) in [5, 5.41) is 3.24. The molecule has 1 saturated carbocycles. The molecule has 0 bridgehead atoms. The molecule has 2 atom stereocenters. The van der Waals surface area contributed by atoms with Crippen molar-refractivity contribution in [1.82, 2.24) is 4.98 Å². The first-order valence-corrected chi connectivity index (χ1v) is 9.34. The molecule has 0 spiro atoms. The van der Waals surface area contributed by atoms with Gasteiger partial charge in [-0.05, 0) is 42.7 Å². The number of aromatic nitrogens is 1. The van der Waals surface area contributed by atoms with E-state index in [4.69, 9.17) is 0 Å². The SMILES string of the molecule is COC(=O)[C@@H]1CC1C(=O)Nc1nc2cc(-c3c(C)cccc3F)ccc2s1. The molecule has 27 heavy (non-hydrogen) atoms. The van der Waals surface area contributed by atoms with Gasteiger partial charge in [0.15, 0.2) is 5.13 Å². The van der Waals surface area contributed by atoms with Gasteiger partial charge in [-0.3, -0.25) is 9.59 Å². The summed E-state index contributed by atoms with van der Waals surface area (Å²) < 4.78 is 19.8. The molecule has 0 radical (unpaired) electrons. The van der Waals surface area contributed by atoms with Crippen LogP contribution in [-0.2, 0) is 14.3 Å². The highest BCUT2D eigenvalue weighted by Gasteiger charge is 2.49. The van der Waals surface area contributed by atoms with Gasteiger partial charge < -0.3 is 10.1 Å². The van der Waals surface area contributed by atoms with Crippen LogP contribution >= 0.6 is 11.3 Å². The van der Waals surface area contributed by atoms with E-state index in [0.29, 0.717) is 22.6 Å². The van der Waals surface area contributed by atoms with Gasteiger partial charge in [0, 0.05) is 5.56 Å². The molecule has 138 valence electrons. The van der Waals surface area contributed by atoms with Gasteiger partial charge in [-0.2, -0.15) is 0 Å². The number of fused-ring (bicyclic) bond motifs is 1. The van der Waals surface area contributed by atoms with Crippen LogP contribution in [0.1, 0.15) is 12.0 Å². The molecule has 7 heteroatoms. The van der Waals surface area contributed by atoms with Crippen molar-refractivity contribution in [2.24, 2.45) is 11.8 Å². The number of halogens is 1. The monoisotopic (exact) mass is 384 g/mol. The highest BCUT2D eigenvalue weighted by molar-refractivity contribution is 7.22. The van der Waals surface area contributed by atoms with Crippen molar-refractivity contribution in [3.05, 3.63) is 47.8 Å². The van der Waals surface area contributed by atoms with Crippen molar-refractivity contribution in [3.63, 3.8) is 0 Å². The maximum absolute atomic E-state index is 14.2. The number of esters is 1. The van der Waals surface area contributed by atoms with Crippen molar-refractivity contribution in [3.8, 4) is 11.1 Å². The lowest BCUT2D eigenvalue weighted by atomic mass is 10.00. The molecule has 3 aromatic rings. The molecule has 2 aromatic carbocycles. The zero-order valence-corrected chi connectivity index (χ0v) is 15.6. The zero-order chi connectivity index (χ0) is 19.1. The fourth-order valence-electron chi connectivity index (χ4n) is 3.23. The number of nitrogens with zero attached hydrogens (tertiary/aromatic N) is 1. The Morgan fingerprint density at radius 2 is 2.07 bits per heavy atom. The number of thiazole rings is 1. The van der Waals surface area contributed by atoms with Gasteiger partial charge in [0.25, 0.3) is 0 Å². The summed E-state index contributed by atoms with van der Waals surface area (Å²) in [5.74, 6) is -1.58. The van der Waals surface area contributed by atoms with Crippen LogP contribution in [0.3, 0.4) is 0 Å². The lowest BCUT2D eigenvalue weighted by Gasteiger charge is -2.07. The number of carbonyl (C=O) groups excluding carboxylic acids is 2. The Hall–Kier alpha value is -2.80. The quantitative estimate of drug-likeness (QED) is 0.686. The van der Waals surface area contributed by atoms with Crippen LogP contribution in [0, 0.1) is 24.6 Å². The molecule has 1 heterocycles. The number of benzene rings is 2. The molecule has 5 nitrogen and oxygen atoms in total. The molecule has 1 aliphatic rings. The van der Waals surface area contributed by atoms with Crippen molar-refractivity contribution in [2.75, 3.05) is 12.4 Å². The van der Waals surface area contributed by atoms with E-state index in [1.807, 2.05) is 31.2 Å². The standard InChI is InChI=1S/C20H17FN2O3S/c1-10-4-3-5-14(21)17(10)11-6-7-16-15(8-11)22-20(27-16)23-18(24)12-9-13(12)19(25)26-2/h3-8,12-13H,9H2,1-2H3,(H,22,23,24)/t12?,13-/m1/s1. The molecule has 4 rings (SSSR count). The molecular weight excluding hydrogens is 367 g/mol. The van der Waals surface area contributed by atoms with Crippen molar-refractivity contribution < 1.29 is 18.7 Å². The predicted octanol–water partition coefficient (Wildman–Crippen LogP) is 4.16. The Bertz CT molecular complexity index is 1040. The second kappa shape index (κ2) is 6.74. The first-order chi connectivity index (χ1) is 13.0. The van der Waals surface area contributed by atoms with E-state index < -0.39 is 0 Å². The average Bonchev–Trinajstić information content (AvgIpc) is 3.35. The summed E-state index contributed by atoms with van der Waals surface area (Å²) in [6, 6.07) is 10.5. The summed E-state index contributed by atoms with van der Waals surface area (Å²) in [7, 11) is 1.32. The summed E-state index contributed by atoms with van der Waals surface area (Å²) in [5.41, 5.74) is 2.84. The first kappa shape index (κ1) is 17.6. The van der Waals surface area contributed by atoms with E-state index in [0.717, 1.165) is 15.8 Å². The van der Waals surface area contributed by atoms with Gasteiger partial charge in [-0.25, -0.2) is 9.37 Å². The molecule has 0 aliphatic heterocycles. The predicted molar refractivity (Wildman–Crippen MR) is 102 cm³/mol. The van der Waals surface area contributed by atoms with E-state index in [1.54, 1.807) is 6.07 Å². The third kappa shape index (κ3) is 3.30. The third-order valence-corrected chi connectivity index (χ3v) is 5.71. The second-order valence-electron chi connectivity index (χ2n) is 6.59. The number of amides is 1. The van der Waals surface area contributed by atoms with Gasteiger partial charge in [-0.1, -0.05) is 29.5 Å². The summed E-state index contributed by atoms with van der Waals surface area (Å²) in [4.78, 5) is 28.2. The molecule has 1 aromatic heterocycles. The Morgan fingerprint density at radius 1 is 1.26 bits per heavy atom. The van der Waals surface area contributed by atoms with Crippen LogP contribution in [0.5, 0.6) is 0 Å². The van der Waals surface area contributed by atoms with E-state index in [2.05, 4.69) is 15.0 Å². The molecule has 0 saturated heterocycles. The number of aryl methyl sites for hydroxylation is 1. The molecular formula is C20H17FN2O3S. The topological polar surface area (TPSA) is 68.3 Å². The molecule has 1 aliphatic carbocycles. The zero-order valence-electron chi connectivity index (χ0n) is 14.8. The number of hydrogen-bond acceptors (Lipinski definition) is 5. The van der Waals surface area contributed by atoms with Crippen LogP contribution < -0.4 is 5.32 Å². The van der Waals surface area contributed by atoms with Gasteiger partial charge in [-0.15, -0.1) is 0 Å². The molecule has 1 N–H and O–H groups in total. The smallest absolute Gasteiger partial charge is 0.309 e. The van der Waals surface area contributed by atoms with E-state index in [1.165, 1.54) is 24.5 Å². The number of anilines is 1. The molecule has 1 fully saturated rings. The fourth-order valence-corrected chi connectivity index (χ4v) is 4.08. The van der Waals surface area contributed by atoms with Crippen LogP contribution in [0.2, 0.25) is 0 Å². The maximum atomic E-state index is 14.2. The van der Waals surface area contributed by atoms with Crippen LogP contribution in [0.15, 0.2) is 36.4 Å². The first-order valence-electron chi connectivity index (χ1n) is 8.52. The Balaban J connectivity index is 1.57. The normalized spacial score (nSPS) is 18.3. The third-order valence-electron chi connectivity index (χ3n) is 4.76. The van der Waals surface area contributed by atoms with Crippen LogP contribution in [0.25, 0.3) is 21.3 Å². The van der Waals surface area contributed by atoms with Gasteiger partial charge in [0.05, 0.1) is 29.2 Å². The maximum Gasteiger partial charge on any atom is 0.309 e. The van der Waals surface area contributed by atoms with Crippen molar-refractivity contribution in [1.29, 1.82) is 0 Å². The highest BCUT2D eigenvalue weighted by atomic mass is 32.1. The number of rotatable bonds is 4. The average molecular weight is 384 g/mol. The minimum Gasteiger partial charge on any atom is -0.469 e. The van der Waals surface area contributed by atoms with Crippen molar-refractivity contribution >= 4 is 38.6 Å². The number of methoxy groups -OCH3 is 1. The summed E-state index contributed by atoms with van der Waals surface area (Å²) >= 11 is 1.35.